The van der Waals surface area contributed by atoms with Gasteiger partial charge in [-0.1, -0.05) is 0 Å². The molecular weight excluding hydrogens is 196 g/mol. The molecule has 14 heavy (non-hydrogen) atoms. The molecule has 1 aromatic rings. The fourth-order valence-electron chi connectivity index (χ4n) is 1.26. The van der Waals surface area contributed by atoms with Gasteiger partial charge in [0.05, 0.1) is 6.61 Å². The second-order valence-corrected chi connectivity index (χ2v) is 4.24. The minimum Gasteiger partial charge on any atom is -0.466 e. The monoisotopic (exact) mass is 212 g/mol. The maximum absolute atomic E-state index is 11.0. The number of thiophene rings is 1. The van der Waals surface area contributed by atoms with Crippen molar-refractivity contribution in [1.29, 1.82) is 0 Å². The maximum Gasteiger partial charge on any atom is 0.305 e. The lowest BCUT2D eigenvalue weighted by Crippen LogP contribution is -2.03. The van der Waals surface area contributed by atoms with Gasteiger partial charge in [0.2, 0.25) is 0 Å². The van der Waals surface area contributed by atoms with Crippen LogP contribution in [0.5, 0.6) is 0 Å². The highest BCUT2D eigenvalue weighted by atomic mass is 32.1. The highest BCUT2D eigenvalue weighted by Crippen LogP contribution is 2.16. The summed E-state index contributed by atoms with van der Waals surface area (Å²) in [6.45, 7) is 4.41. The van der Waals surface area contributed by atoms with Gasteiger partial charge in [-0.25, -0.2) is 0 Å². The normalized spacial score (nSPS) is 10.1. The van der Waals surface area contributed by atoms with E-state index in [1.165, 1.54) is 10.4 Å². The lowest BCUT2D eigenvalue weighted by atomic mass is 10.2. The largest absolute Gasteiger partial charge is 0.466 e. The minimum absolute atomic E-state index is 0.0826. The van der Waals surface area contributed by atoms with Crippen LogP contribution in [0.4, 0.5) is 0 Å². The van der Waals surface area contributed by atoms with Crippen molar-refractivity contribution >= 4 is 17.3 Å². The molecule has 1 aromatic heterocycles. The molecule has 78 valence electrons. The van der Waals surface area contributed by atoms with Crippen LogP contribution < -0.4 is 0 Å². The summed E-state index contributed by atoms with van der Waals surface area (Å²) in [5.41, 5.74) is 1.31. The third-order valence-corrected chi connectivity index (χ3v) is 3.01. The molecule has 0 spiro atoms. The fraction of sp³-hybridized carbons (Fsp3) is 0.545. The Morgan fingerprint density at radius 3 is 2.93 bits per heavy atom. The van der Waals surface area contributed by atoms with Crippen LogP contribution >= 0.6 is 11.3 Å². The quantitative estimate of drug-likeness (QED) is 0.701. The smallest absolute Gasteiger partial charge is 0.305 e. The molecule has 0 N–H and O–H groups in total. The van der Waals surface area contributed by atoms with Gasteiger partial charge < -0.3 is 4.74 Å². The Labute approximate surface area is 88.9 Å². The van der Waals surface area contributed by atoms with Crippen LogP contribution in [0.15, 0.2) is 11.4 Å². The highest BCUT2D eigenvalue weighted by Gasteiger charge is 2.02. The number of rotatable bonds is 5. The maximum atomic E-state index is 11.0. The summed E-state index contributed by atoms with van der Waals surface area (Å²) in [7, 11) is 0. The van der Waals surface area contributed by atoms with Crippen LogP contribution in [0.3, 0.4) is 0 Å². The van der Waals surface area contributed by atoms with Gasteiger partial charge in [0.1, 0.15) is 0 Å². The summed E-state index contributed by atoms with van der Waals surface area (Å²) in [5.74, 6) is -0.0826. The zero-order valence-electron chi connectivity index (χ0n) is 8.71. The third-order valence-electron chi connectivity index (χ3n) is 1.89. The first-order valence-corrected chi connectivity index (χ1v) is 5.80. The van der Waals surface area contributed by atoms with E-state index in [0.717, 1.165) is 12.8 Å². The van der Waals surface area contributed by atoms with Gasteiger partial charge >= 0.3 is 5.97 Å². The van der Waals surface area contributed by atoms with Crippen LogP contribution in [0.1, 0.15) is 30.2 Å². The van der Waals surface area contributed by atoms with Crippen LogP contribution in [-0.4, -0.2) is 12.6 Å². The zero-order chi connectivity index (χ0) is 10.4. The van der Waals surface area contributed by atoms with Crippen LogP contribution in [-0.2, 0) is 16.0 Å². The molecule has 0 aliphatic heterocycles. The molecule has 2 nitrogen and oxygen atoms in total. The van der Waals surface area contributed by atoms with E-state index in [4.69, 9.17) is 4.74 Å². The van der Waals surface area contributed by atoms with E-state index in [0.29, 0.717) is 13.0 Å². The number of ether oxygens (including phenoxy) is 1. The molecular formula is C11H16O2S. The average molecular weight is 212 g/mol. The number of carbonyl (C=O) groups is 1. The molecule has 0 saturated heterocycles. The minimum atomic E-state index is -0.0826. The van der Waals surface area contributed by atoms with Crippen molar-refractivity contribution in [3.8, 4) is 0 Å². The predicted molar refractivity (Wildman–Crippen MR) is 58.6 cm³/mol. The zero-order valence-corrected chi connectivity index (χ0v) is 9.52. The summed E-state index contributed by atoms with van der Waals surface area (Å²) < 4.78 is 4.85. The molecule has 1 rings (SSSR count). The fourth-order valence-corrected chi connectivity index (χ4v) is 2.18. The van der Waals surface area contributed by atoms with Crippen LogP contribution in [0, 0.1) is 6.92 Å². The second-order valence-electron chi connectivity index (χ2n) is 3.25. The van der Waals surface area contributed by atoms with E-state index in [1.54, 1.807) is 11.3 Å². The Balaban J connectivity index is 2.18. The van der Waals surface area contributed by atoms with E-state index in [-0.39, 0.29) is 5.97 Å². The Morgan fingerprint density at radius 2 is 2.36 bits per heavy atom. The first-order valence-electron chi connectivity index (χ1n) is 4.92. The standard InChI is InChI=1S/C11H16O2S/c1-3-13-11(12)6-4-5-10-7-9(2)8-14-10/h7-8H,3-6H2,1-2H3. The Morgan fingerprint density at radius 1 is 1.57 bits per heavy atom. The summed E-state index contributed by atoms with van der Waals surface area (Å²) in [4.78, 5) is 12.4. The van der Waals surface area contributed by atoms with Crippen molar-refractivity contribution in [3.05, 3.63) is 21.9 Å². The molecule has 1 heterocycles. The highest BCUT2D eigenvalue weighted by molar-refractivity contribution is 7.10. The molecule has 0 aliphatic carbocycles. The van der Waals surface area contributed by atoms with E-state index >= 15 is 0 Å². The topological polar surface area (TPSA) is 26.3 Å². The number of aryl methyl sites for hydroxylation is 2. The van der Waals surface area contributed by atoms with E-state index in [2.05, 4.69) is 18.4 Å². The van der Waals surface area contributed by atoms with E-state index < -0.39 is 0 Å². The molecule has 0 unspecified atom stereocenters. The van der Waals surface area contributed by atoms with Crippen molar-refractivity contribution < 1.29 is 9.53 Å². The van der Waals surface area contributed by atoms with Gasteiger partial charge in [0.25, 0.3) is 0 Å². The van der Waals surface area contributed by atoms with Crippen molar-refractivity contribution in [2.75, 3.05) is 6.61 Å². The molecule has 0 radical (unpaired) electrons. The average Bonchev–Trinajstić information content (AvgIpc) is 2.52. The lowest BCUT2D eigenvalue weighted by Gasteiger charge is -2.00. The molecule has 0 amide bonds. The molecule has 0 bridgehead atoms. The molecule has 0 aromatic carbocycles. The SMILES string of the molecule is CCOC(=O)CCCc1cc(C)cs1. The predicted octanol–water partition coefficient (Wildman–Crippen LogP) is 2.94. The summed E-state index contributed by atoms with van der Waals surface area (Å²) in [6, 6.07) is 2.18. The Hall–Kier alpha value is -0.830. The second kappa shape index (κ2) is 5.81. The molecule has 0 saturated carbocycles. The summed E-state index contributed by atoms with van der Waals surface area (Å²) in [5, 5.41) is 2.14. The molecule has 0 aliphatic rings. The number of hydrogen-bond donors (Lipinski definition) is 0. The number of carbonyl (C=O) groups excluding carboxylic acids is 1. The van der Waals surface area contributed by atoms with E-state index in [1.807, 2.05) is 6.92 Å². The molecule has 0 fully saturated rings. The first kappa shape index (κ1) is 11.2. The van der Waals surface area contributed by atoms with Crippen molar-refractivity contribution in [1.82, 2.24) is 0 Å². The number of esters is 1. The molecule has 3 heteroatoms. The van der Waals surface area contributed by atoms with Crippen LogP contribution in [0.25, 0.3) is 0 Å². The van der Waals surface area contributed by atoms with Gasteiger partial charge in [-0.2, -0.15) is 0 Å². The van der Waals surface area contributed by atoms with Crippen molar-refractivity contribution in [2.24, 2.45) is 0 Å². The Bertz CT molecular complexity index is 291. The van der Waals surface area contributed by atoms with E-state index in [9.17, 15) is 4.79 Å². The van der Waals surface area contributed by atoms with Crippen molar-refractivity contribution in [2.45, 2.75) is 33.1 Å². The van der Waals surface area contributed by atoms with Gasteiger partial charge in [0, 0.05) is 11.3 Å². The summed E-state index contributed by atoms with van der Waals surface area (Å²) >= 11 is 1.76. The van der Waals surface area contributed by atoms with Crippen molar-refractivity contribution in [3.63, 3.8) is 0 Å². The first-order chi connectivity index (χ1) is 6.72. The summed E-state index contributed by atoms with van der Waals surface area (Å²) in [6.07, 6.45) is 2.40. The van der Waals surface area contributed by atoms with Crippen LogP contribution in [0.2, 0.25) is 0 Å². The molecule has 0 atom stereocenters. The van der Waals surface area contributed by atoms with Gasteiger partial charge in [-0.3, -0.25) is 4.79 Å². The van der Waals surface area contributed by atoms with Gasteiger partial charge in [-0.15, -0.1) is 11.3 Å². The lowest BCUT2D eigenvalue weighted by molar-refractivity contribution is -0.143. The number of hydrogen-bond acceptors (Lipinski definition) is 3. The van der Waals surface area contributed by atoms with Gasteiger partial charge in [0.15, 0.2) is 0 Å². The van der Waals surface area contributed by atoms with Gasteiger partial charge in [-0.05, 0) is 43.7 Å². The third kappa shape index (κ3) is 3.92. The Kier molecular flexibility index (Phi) is 4.66.